The van der Waals surface area contributed by atoms with Gasteiger partial charge in [0.1, 0.15) is 5.69 Å². The summed E-state index contributed by atoms with van der Waals surface area (Å²) in [6, 6.07) is 0.749. The Morgan fingerprint density at radius 3 is 2.74 bits per heavy atom. The second kappa shape index (κ2) is 4.92. The number of hydrogen-bond donors (Lipinski definition) is 3. The molecule has 3 N–H and O–H groups in total. The highest BCUT2D eigenvalue weighted by molar-refractivity contribution is 5.93. The largest absolute Gasteiger partial charge is 0.481 e. The van der Waals surface area contributed by atoms with Crippen molar-refractivity contribution in [1.29, 1.82) is 0 Å². The summed E-state index contributed by atoms with van der Waals surface area (Å²) in [5.41, 5.74) is -0.130. The Morgan fingerprint density at radius 1 is 1.47 bits per heavy atom. The molecule has 2 rings (SSSR count). The molecule has 1 aromatic heterocycles. The number of nitro groups is 1. The Labute approximate surface area is 107 Å². The molecule has 0 saturated carbocycles. The van der Waals surface area contributed by atoms with Crippen LogP contribution in [0.3, 0.4) is 0 Å². The van der Waals surface area contributed by atoms with Crippen LogP contribution in [0, 0.1) is 16.0 Å². The molecule has 8 nitrogen and oxygen atoms in total. The van der Waals surface area contributed by atoms with Crippen molar-refractivity contribution in [3.8, 4) is 0 Å². The third-order valence-electron chi connectivity index (χ3n) is 2.84. The van der Waals surface area contributed by atoms with Gasteiger partial charge in [-0.15, -0.1) is 0 Å². The Kier molecular flexibility index (Phi) is 3.32. The van der Waals surface area contributed by atoms with Gasteiger partial charge in [-0.25, -0.2) is 0 Å². The zero-order valence-corrected chi connectivity index (χ0v) is 9.70. The van der Waals surface area contributed by atoms with Crippen LogP contribution in [0.1, 0.15) is 16.9 Å². The number of carboxylic acids is 1. The maximum absolute atomic E-state index is 11.8. The van der Waals surface area contributed by atoms with Crippen LogP contribution in [0.25, 0.3) is 0 Å². The van der Waals surface area contributed by atoms with E-state index in [4.69, 9.17) is 5.11 Å². The fraction of sp³-hybridized carbons (Fsp3) is 0.273. The molecule has 8 heteroatoms. The van der Waals surface area contributed by atoms with E-state index in [0.717, 1.165) is 12.3 Å². The third-order valence-corrected chi connectivity index (χ3v) is 2.84. The van der Waals surface area contributed by atoms with Crippen LogP contribution in [-0.4, -0.2) is 32.9 Å². The minimum Gasteiger partial charge on any atom is -0.481 e. The predicted octanol–water partition coefficient (Wildman–Crippen LogP) is 0.682. The van der Waals surface area contributed by atoms with Gasteiger partial charge in [0.05, 0.1) is 17.0 Å². The molecule has 1 amide bonds. The highest BCUT2D eigenvalue weighted by atomic mass is 16.6. The summed E-state index contributed by atoms with van der Waals surface area (Å²) >= 11 is 0. The zero-order chi connectivity index (χ0) is 14.0. The Hall–Kier alpha value is -2.64. The molecule has 0 spiro atoms. The van der Waals surface area contributed by atoms with Crippen LogP contribution >= 0.6 is 0 Å². The molecular weight excluding hydrogens is 254 g/mol. The zero-order valence-electron chi connectivity index (χ0n) is 9.70. The summed E-state index contributed by atoms with van der Waals surface area (Å²) in [5.74, 6) is -2.06. The number of carbonyl (C=O) groups is 2. The van der Waals surface area contributed by atoms with Crippen molar-refractivity contribution < 1.29 is 19.6 Å². The van der Waals surface area contributed by atoms with E-state index in [2.05, 4.69) is 10.3 Å². The topological polar surface area (TPSA) is 125 Å². The molecule has 0 bridgehead atoms. The number of H-pyrrole nitrogens is 1. The highest BCUT2D eigenvalue weighted by Crippen LogP contribution is 2.19. The number of aliphatic carboxylic acids is 1. The second-order valence-corrected chi connectivity index (χ2v) is 4.17. The van der Waals surface area contributed by atoms with E-state index in [-0.39, 0.29) is 23.8 Å². The van der Waals surface area contributed by atoms with Crippen LogP contribution < -0.4 is 5.32 Å². The van der Waals surface area contributed by atoms with Gasteiger partial charge in [-0.2, -0.15) is 0 Å². The van der Waals surface area contributed by atoms with Gasteiger partial charge >= 0.3 is 5.97 Å². The van der Waals surface area contributed by atoms with Gasteiger partial charge in [0.2, 0.25) is 0 Å². The lowest BCUT2D eigenvalue weighted by Gasteiger charge is -2.10. The number of carbonyl (C=O) groups excluding carboxylic acids is 1. The van der Waals surface area contributed by atoms with Crippen molar-refractivity contribution in [2.24, 2.45) is 5.92 Å². The average molecular weight is 265 g/mol. The van der Waals surface area contributed by atoms with Crippen molar-refractivity contribution in [3.63, 3.8) is 0 Å². The van der Waals surface area contributed by atoms with Crippen molar-refractivity contribution in [2.75, 3.05) is 0 Å². The lowest BCUT2D eigenvalue weighted by atomic mass is 10.1. The summed E-state index contributed by atoms with van der Waals surface area (Å²) in [7, 11) is 0. The van der Waals surface area contributed by atoms with Gasteiger partial charge in [-0.3, -0.25) is 19.7 Å². The molecule has 0 fully saturated rings. The van der Waals surface area contributed by atoms with Crippen LogP contribution in [0.2, 0.25) is 0 Å². The molecule has 1 aliphatic carbocycles. The van der Waals surface area contributed by atoms with Gasteiger partial charge in [0.15, 0.2) is 0 Å². The van der Waals surface area contributed by atoms with E-state index in [9.17, 15) is 19.7 Å². The number of hydrogen-bond acceptors (Lipinski definition) is 4. The number of nitrogens with zero attached hydrogens (tertiary/aromatic N) is 1. The first-order valence-corrected chi connectivity index (χ1v) is 5.52. The minimum absolute atomic E-state index is 0.0684. The number of aromatic amines is 1. The minimum atomic E-state index is -0.941. The summed E-state index contributed by atoms with van der Waals surface area (Å²) in [6.45, 7) is 0. The standard InChI is InChI=1S/C11H11N3O5/c15-10(9-4-8(5-12-9)14(18)19)13-7-2-1-6(3-7)11(16)17/h1-2,4-7,12H,3H2,(H,13,15)(H,16,17). The first kappa shape index (κ1) is 12.8. The molecule has 100 valence electrons. The van der Waals surface area contributed by atoms with E-state index in [1.54, 1.807) is 6.08 Å². The summed E-state index contributed by atoms with van der Waals surface area (Å²) in [6.07, 6.45) is 4.53. The summed E-state index contributed by atoms with van der Waals surface area (Å²) < 4.78 is 0. The molecule has 1 aliphatic rings. The number of amides is 1. The molecule has 2 unspecified atom stereocenters. The van der Waals surface area contributed by atoms with Crippen LogP contribution in [0.5, 0.6) is 0 Å². The second-order valence-electron chi connectivity index (χ2n) is 4.17. The highest BCUT2D eigenvalue weighted by Gasteiger charge is 2.26. The predicted molar refractivity (Wildman–Crippen MR) is 63.6 cm³/mol. The molecule has 0 aliphatic heterocycles. The monoisotopic (exact) mass is 265 g/mol. The molecule has 0 saturated heterocycles. The quantitative estimate of drug-likeness (QED) is 0.419. The number of nitrogens with one attached hydrogen (secondary N) is 2. The Bertz CT molecular complexity index is 562. The van der Waals surface area contributed by atoms with Gasteiger partial charge in [-0.1, -0.05) is 12.2 Å². The molecular formula is C11H11N3O5. The molecule has 0 aromatic carbocycles. The lowest BCUT2D eigenvalue weighted by molar-refractivity contribution is -0.384. The van der Waals surface area contributed by atoms with Gasteiger partial charge in [0.25, 0.3) is 11.6 Å². The van der Waals surface area contributed by atoms with Crippen LogP contribution in [0.15, 0.2) is 24.4 Å². The van der Waals surface area contributed by atoms with Crippen LogP contribution in [0.4, 0.5) is 5.69 Å². The Morgan fingerprint density at radius 2 is 2.21 bits per heavy atom. The van der Waals surface area contributed by atoms with E-state index in [1.807, 2.05) is 0 Å². The smallest absolute Gasteiger partial charge is 0.310 e. The van der Waals surface area contributed by atoms with Crippen molar-refractivity contribution in [3.05, 3.63) is 40.2 Å². The van der Waals surface area contributed by atoms with E-state index in [0.29, 0.717) is 0 Å². The van der Waals surface area contributed by atoms with Crippen molar-refractivity contribution >= 4 is 17.6 Å². The van der Waals surface area contributed by atoms with Gasteiger partial charge < -0.3 is 15.4 Å². The molecule has 1 aromatic rings. The van der Waals surface area contributed by atoms with E-state index >= 15 is 0 Å². The number of rotatable bonds is 4. The van der Waals surface area contributed by atoms with E-state index < -0.39 is 22.7 Å². The maximum atomic E-state index is 11.8. The van der Waals surface area contributed by atoms with E-state index in [1.165, 1.54) is 6.08 Å². The maximum Gasteiger partial charge on any atom is 0.310 e. The normalized spacial score (nSPS) is 21.3. The SMILES string of the molecule is O=C(NC1C=CC(C(=O)O)C1)c1cc([N+](=O)[O-])c[nH]1. The number of carboxylic acid groups (broad SMARTS) is 1. The fourth-order valence-electron chi connectivity index (χ4n) is 1.85. The van der Waals surface area contributed by atoms with Crippen molar-refractivity contribution in [2.45, 2.75) is 12.5 Å². The summed E-state index contributed by atoms with van der Waals surface area (Å²) in [5, 5.41) is 21.9. The van der Waals surface area contributed by atoms with Crippen LogP contribution in [-0.2, 0) is 4.79 Å². The van der Waals surface area contributed by atoms with Gasteiger partial charge in [0, 0.05) is 12.1 Å². The Balaban J connectivity index is 1.96. The molecule has 1 heterocycles. The molecule has 0 radical (unpaired) electrons. The summed E-state index contributed by atoms with van der Waals surface area (Å²) in [4.78, 5) is 34.9. The first-order chi connectivity index (χ1) is 8.97. The third kappa shape index (κ3) is 2.79. The molecule has 2 atom stereocenters. The fourth-order valence-corrected chi connectivity index (χ4v) is 1.85. The molecule has 19 heavy (non-hydrogen) atoms. The first-order valence-electron chi connectivity index (χ1n) is 5.52. The average Bonchev–Trinajstić information content (AvgIpc) is 2.96. The number of aromatic nitrogens is 1. The van der Waals surface area contributed by atoms with Gasteiger partial charge in [-0.05, 0) is 6.42 Å². The lowest BCUT2D eigenvalue weighted by Crippen LogP contribution is -2.33. The van der Waals surface area contributed by atoms with Crippen molar-refractivity contribution in [1.82, 2.24) is 10.3 Å².